The lowest BCUT2D eigenvalue weighted by molar-refractivity contribution is 0.256. The van der Waals surface area contributed by atoms with Crippen molar-refractivity contribution < 1.29 is 0 Å². The van der Waals surface area contributed by atoms with Crippen molar-refractivity contribution in [3.63, 3.8) is 0 Å². The van der Waals surface area contributed by atoms with Crippen molar-refractivity contribution >= 4 is 0 Å². The Bertz CT molecular complexity index is 345. The van der Waals surface area contributed by atoms with E-state index in [0.717, 1.165) is 12.3 Å². The first-order chi connectivity index (χ1) is 8.26. The third-order valence-electron chi connectivity index (χ3n) is 4.24. The van der Waals surface area contributed by atoms with E-state index in [2.05, 4.69) is 23.4 Å². The van der Waals surface area contributed by atoms with Gasteiger partial charge in [-0.2, -0.15) is 0 Å². The van der Waals surface area contributed by atoms with Gasteiger partial charge in [0.1, 0.15) is 0 Å². The van der Waals surface area contributed by atoms with Crippen molar-refractivity contribution in [3.05, 3.63) is 18.2 Å². The molecule has 2 rings (SSSR count). The largest absolute Gasteiger partial charge is 0.330 e. The average Bonchev–Trinajstić information content (AvgIpc) is 2.87. The van der Waals surface area contributed by atoms with Crippen LogP contribution < -0.4 is 5.73 Å². The van der Waals surface area contributed by atoms with Crippen LogP contribution in [0.2, 0.25) is 0 Å². The van der Waals surface area contributed by atoms with E-state index in [1.807, 2.05) is 12.5 Å². The fourth-order valence-electron chi connectivity index (χ4n) is 3.00. The van der Waals surface area contributed by atoms with Crippen LogP contribution in [0.4, 0.5) is 0 Å². The molecule has 1 aliphatic rings. The van der Waals surface area contributed by atoms with Crippen molar-refractivity contribution in [1.29, 1.82) is 0 Å². The molecule has 0 amide bonds. The van der Waals surface area contributed by atoms with Gasteiger partial charge in [0.2, 0.25) is 0 Å². The first-order valence-corrected chi connectivity index (χ1v) is 7.03. The number of imidazole rings is 1. The fraction of sp³-hybridized carbons (Fsp3) is 0.786. The predicted molar refractivity (Wildman–Crippen MR) is 70.7 cm³/mol. The molecule has 1 saturated carbocycles. The Kier molecular flexibility index (Phi) is 4.21. The summed E-state index contributed by atoms with van der Waals surface area (Å²) in [5.74, 6) is 0.891. The van der Waals surface area contributed by atoms with Crippen LogP contribution in [0.25, 0.3) is 0 Å². The number of aromatic nitrogens is 2. The molecule has 0 aliphatic heterocycles. The summed E-state index contributed by atoms with van der Waals surface area (Å²) in [7, 11) is 0. The molecule has 17 heavy (non-hydrogen) atoms. The van der Waals surface area contributed by atoms with Gasteiger partial charge in [0, 0.05) is 18.3 Å². The van der Waals surface area contributed by atoms with Gasteiger partial charge in [0.05, 0.1) is 12.0 Å². The van der Waals surface area contributed by atoms with E-state index >= 15 is 0 Å². The molecule has 0 radical (unpaired) electrons. The van der Waals surface area contributed by atoms with Crippen LogP contribution in [0.15, 0.2) is 12.5 Å². The molecule has 2 unspecified atom stereocenters. The molecule has 0 aromatic carbocycles. The first kappa shape index (κ1) is 12.6. The minimum absolute atomic E-state index is 0.138. The van der Waals surface area contributed by atoms with E-state index in [1.54, 1.807) is 0 Å². The highest BCUT2D eigenvalue weighted by Gasteiger charge is 2.24. The molecule has 2 N–H and O–H groups in total. The Morgan fingerprint density at radius 3 is 3.00 bits per heavy atom. The van der Waals surface area contributed by atoms with Crippen LogP contribution in [0, 0.1) is 5.92 Å². The van der Waals surface area contributed by atoms with Crippen LogP contribution in [-0.4, -0.2) is 9.55 Å². The molecule has 1 aromatic rings. The summed E-state index contributed by atoms with van der Waals surface area (Å²) in [5.41, 5.74) is 7.37. The van der Waals surface area contributed by atoms with Gasteiger partial charge >= 0.3 is 0 Å². The van der Waals surface area contributed by atoms with Crippen molar-refractivity contribution in [2.45, 2.75) is 64.5 Å². The van der Waals surface area contributed by atoms with Gasteiger partial charge in [-0.3, -0.25) is 0 Å². The maximum Gasteiger partial charge on any atom is 0.0951 e. The van der Waals surface area contributed by atoms with E-state index in [-0.39, 0.29) is 6.04 Å². The van der Waals surface area contributed by atoms with Crippen molar-refractivity contribution in [3.8, 4) is 0 Å². The number of rotatable bonds is 4. The number of nitrogens with zero attached hydrogens (tertiary/aromatic N) is 2. The Morgan fingerprint density at radius 1 is 1.47 bits per heavy atom. The Morgan fingerprint density at radius 2 is 2.29 bits per heavy atom. The lowest BCUT2D eigenvalue weighted by atomic mass is 9.84. The fourth-order valence-corrected chi connectivity index (χ4v) is 3.00. The molecule has 1 aliphatic carbocycles. The van der Waals surface area contributed by atoms with Gasteiger partial charge in [-0.05, 0) is 25.2 Å². The van der Waals surface area contributed by atoms with Crippen molar-refractivity contribution in [2.75, 3.05) is 0 Å². The van der Waals surface area contributed by atoms with E-state index in [1.165, 1.54) is 37.8 Å². The Labute approximate surface area is 104 Å². The summed E-state index contributed by atoms with van der Waals surface area (Å²) >= 11 is 0. The Balaban J connectivity index is 2.13. The molecule has 0 bridgehead atoms. The summed E-state index contributed by atoms with van der Waals surface area (Å²) in [6.07, 6.45) is 11.6. The Hall–Kier alpha value is -0.830. The molecular weight excluding hydrogens is 210 g/mol. The highest BCUT2D eigenvalue weighted by Crippen LogP contribution is 2.35. The summed E-state index contributed by atoms with van der Waals surface area (Å²) in [6, 6.07) is 0.767. The number of hydrogen-bond donors (Lipinski definition) is 1. The van der Waals surface area contributed by atoms with Gasteiger partial charge in [-0.25, -0.2) is 4.98 Å². The standard InChI is InChI=1S/C14H25N3/c1-3-11-6-5-7-12(8-11)17-10-16-9-14(17)13(15)4-2/h9-13H,3-8,15H2,1-2H3/t11?,12?,13-/m1/s1. The highest BCUT2D eigenvalue weighted by molar-refractivity contribution is 5.06. The first-order valence-electron chi connectivity index (χ1n) is 7.03. The lowest BCUT2D eigenvalue weighted by Crippen LogP contribution is -2.22. The van der Waals surface area contributed by atoms with E-state index < -0.39 is 0 Å². The van der Waals surface area contributed by atoms with Crippen LogP contribution in [0.3, 0.4) is 0 Å². The van der Waals surface area contributed by atoms with Crippen LogP contribution >= 0.6 is 0 Å². The predicted octanol–water partition coefficient (Wildman–Crippen LogP) is 3.43. The van der Waals surface area contributed by atoms with Gasteiger partial charge in [0.25, 0.3) is 0 Å². The van der Waals surface area contributed by atoms with E-state index in [4.69, 9.17) is 5.73 Å². The number of nitrogens with two attached hydrogens (primary N) is 1. The van der Waals surface area contributed by atoms with Crippen molar-refractivity contribution in [2.24, 2.45) is 11.7 Å². The molecule has 1 aromatic heterocycles. The second kappa shape index (κ2) is 5.67. The molecule has 0 spiro atoms. The third-order valence-corrected chi connectivity index (χ3v) is 4.24. The van der Waals surface area contributed by atoms with Gasteiger partial charge in [-0.15, -0.1) is 0 Å². The molecule has 3 heteroatoms. The number of hydrogen-bond acceptors (Lipinski definition) is 2. The summed E-state index contributed by atoms with van der Waals surface area (Å²) in [4.78, 5) is 4.30. The minimum Gasteiger partial charge on any atom is -0.330 e. The molecule has 96 valence electrons. The van der Waals surface area contributed by atoms with Gasteiger partial charge in [0.15, 0.2) is 0 Å². The highest BCUT2D eigenvalue weighted by atomic mass is 15.1. The molecule has 1 heterocycles. The van der Waals surface area contributed by atoms with Gasteiger partial charge < -0.3 is 10.3 Å². The SMILES string of the molecule is CCC1CCCC(n2cncc2[C@H](N)CC)C1. The monoisotopic (exact) mass is 235 g/mol. The summed E-state index contributed by atoms with van der Waals surface area (Å²) < 4.78 is 2.34. The topological polar surface area (TPSA) is 43.8 Å². The summed E-state index contributed by atoms with van der Waals surface area (Å²) in [6.45, 7) is 4.44. The summed E-state index contributed by atoms with van der Waals surface area (Å²) in [5, 5.41) is 0. The molecule has 0 saturated heterocycles. The second-order valence-corrected chi connectivity index (χ2v) is 5.34. The minimum atomic E-state index is 0.138. The quantitative estimate of drug-likeness (QED) is 0.868. The zero-order valence-electron chi connectivity index (χ0n) is 11.1. The van der Waals surface area contributed by atoms with Gasteiger partial charge in [-0.1, -0.05) is 33.1 Å². The van der Waals surface area contributed by atoms with Crippen LogP contribution in [-0.2, 0) is 0 Å². The average molecular weight is 235 g/mol. The smallest absolute Gasteiger partial charge is 0.0951 e. The maximum absolute atomic E-state index is 6.15. The lowest BCUT2D eigenvalue weighted by Gasteiger charge is -2.31. The molecule has 1 fully saturated rings. The molecule has 3 nitrogen and oxygen atoms in total. The van der Waals surface area contributed by atoms with Crippen molar-refractivity contribution in [1.82, 2.24) is 9.55 Å². The van der Waals surface area contributed by atoms with E-state index in [9.17, 15) is 0 Å². The zero-order chi connectivity index (χ0) is 12.3. The third kappa shape index (κ3) is 2.71. The molecular formula is C14H25N3. The van der Waals surface area contributed by atoms with E-state index in [0.29, 0.717) is 6.04 Å². The second-order valence-electron chi connectivity index (χ2n) is 5.34. The van der Waals surface area contributed by atoms with Crippen LogP contribution in [0.5, 0.6) is 0 Å². The zero-order valence-corrected chi connectivity index (χ0v) is 11.1. The molecule has 3 atom stereocenters. The maximum atomic E-state index is 6.15. The normalized spacial score (nSPS) is 27.0. The van der Waals surface area contributed by atoms with Crippen LogP contribution in [0.1, 0.15) is 70.2 Å².